The molecular weight excluding hydrogens is 232 g/mol. The molecule has 0 aliphatic carbocycles. The molecule has 0 radical (unpaired) electrons. The second-order valence-electron chi connectivity index (χ2n) is 3.09. The molecule has 0 aliphatic rings. The van der Waals surface area contributed by atoms with Crippen LogP contribution in [0.2, 0.25) is 5.15 Å². The van der Waals surface area contributed by atoms with Gasteiger partial charge >= 0.3 is 0 Å². The largest absolute Gasteiger partial charge is 0.489 e. The van der Waals surface area contributed by atoms with E-state index < -0.39 is 0 Å². The number of hydrogen-bond acceptors (Lipinski definition) is 5. The first kappa shape index (κ1) is 13.0. The predicted molar refractivity (Wildman–Crippen MR) is 60.2 cm³/mol. The first-order valence-corrected chi connectivity index (χ1v) is 5.35. The van der Waals surface area contributed by atoms with Crippen molar-refractivity contribution < 1.29 is 14.2 Å². The van der Waals surface area contributed by atoms with Crippen molar-refractivity contribution in [1.82, 2.24) is 9.97 Å². The van der Waals surface area contributed by atoms with E-state index in [9.17, 15) is 0 Å². The van der Waals surface area contributed by atoms with Gasteiger partial charge in [0, 0.05) is 6.61 Å². The number of nitrogens with zero attached hydrogens (tertiary/aromatic N) is 2. The summed E-state index contributed by atoms with van der Waals surface area (Å²) in [5, 5.41) is 0.233. The molecule has 1 aromatic heterocycles. The summed E-state index contributed by atoms with van der Waals surface area (Å²) < 4.78 is 15.8. The molecule has 1 atom stereocenters. The summed E-state index contributed by atoms with van der Waals surface area (Å²) in [4.78, 5) is 7.76. The first-order chi connectivity index (χ1) is 7.69. The fraction of sp³-hybridized carbons (Fsp3) is 0.600. The minimum Gasteiger partial charge on any atom is -0.489 e. The van der Waals surface area contributed by atoms with Gasteiger partial charge in [0.15, 0.2) is 5.15 Å². The van der Waals surface area contributed by atoms with Crippen molar-refractivity contribution in [2.75, 3.05) is 20.3 Å². The van der Waals surface area contributed by atoms with E-state index in [2.05, 4.69) is 9.97 Å². The van der Waals surface area contributed by atoms with Crippen molar-refractivity contribution in [2.45, 2.75) is 20.0 Å². The van der Waals surface area contributed by atoms with Gasteiger partial charge < -0.3 is 14.2 Å². The van der Waals surface area contributed by atoms with Crippen LogP contribution >= 0.6 is 11.6 Å². The van der Waals surface area contributed by atoms with Crippen LogP contribution in [0.5, 0.6) is 11.6 Å². The molecule has 0 aliphatic heterocycles. The Hall–Kier alpha value is -1.07. The molecule has 0 aromatic carbocycles. The van der Waals surface area contributed by atoms with Gasteiger partial charge in [0.05, 0.1) is 13.7 Å². The van der Waals surface area contributed by atoms with Gasteiger partial charge in [-0.3, -0.25) is 0 Å². The van der Waals surface area contributed by atoms with E-state index in [0.717, 1.165) is 0 Å². The molecule has 90 valence electrons. The van der Waals surface area contributed by atoms with Crippen LogP contribution in [0.25, 0.3) is 0 Å². The molecule has 0 saturated heterocycles. The third-order valence-electron chi connectivity index (χ3n) is 1.80. The van der Waals surface area contributed by atoms with E-state index in [1.165, 1.54) is 13.4 Å². The third kappa shape index (κ3) is 3.50. The van der Waals surface area contributed by atoms with E-state index in [1.807, 2.05) is 13.8 Å². The maximum absolute atomic E-state index is 5.83. The van der Waals surface area contributed by atoms with E-state index in [4.69, 9.17) is 25.8 Å². The highest BCUT2D eigenvalue weighted by molar-refractivity contribution is 6.31. The van der Waals surface area contributed by atoms with E-state index in [0.29, 0.717) is 24.8 Å². The summed E-state index contributed by atoms with van der Waals surface area (Å²) >= 11 is 5.83. The lowest BCUT2D eigenvalue weighted by Gasteiger charge is -2.15. The van der Waals surface area contributed by atoms with Crippen LogP contribution in [0.3, 0.4) is 0 Å². The Labute approximate surface area is 99.7 Å². The molecule has 0 N–H and O–H groups in total. The smallest absolute Gasteiger partial charge is 0.262 e. The Kier molecular flexibility index (Phi) is 5.28. The van der Waals surface area contributed by atoms with Crippen LogP contribution in [0.4, 0.5) is 0 Å². The van der Waals surface area contributed by atoms with Crippen LogP contribution in [-0.2, 0) is 4.74 Å². The molecule has 0 bridgehead atoms. The van der Waals surface area contributed by atoms with Gasteiger partial charge in [-0.15, -0.1) is 0 Å². The van der Waals surface area contributed by atoms with Crippen molar-refractivity contribution in [2.24, 2.45) is 0 Å². The highest BCUT2D eigenvalue weighted by atomic mass is 35.5. The summed E-state index contributed by atoms with van der Waals surface area (Å²) in [7, 11) is 1.49. The Balaban J connectivity index is 2.69. The van der Waals surface area contributed by atoms with Gasteiger partial charge in [0.25, 0.3) is 5.88 Å². The molecule has 0 spiro atoms. The lowest BCUT2D eigenvalue weighted by molar-refractivity contribution is 0.0616. The van der Waals surface area contributed by atoms with Crippen molar-refractivity contribution >= 4 is 11.6 Å². The topological polar surface area (TPSA) is 53.5 Å². The molecule has 0 saturated carbocycles. The van der Waals surface area contributed by atoms with E-state index in [1.54, 1.807) is 0 Å². The highest BCUT2D eigenvalue weighted by Crippen LogP contribution is 2.30. The Morgan fingerprint density at radius 2 is 2.19 bits per heavy atom. The molecule has 1 unspecified atom stereocenters. The zero-order chi connectivity index (χ0) is 12.0. The van der Waals surface area contributed by atoms with Crippen LogP contribution < -0.4 is 9.47 Å². The zero-order valence-electron chi connectivity index (χ0n) is 9.57. The number of hydrogen-bond donors (Lipinski definition) is 0. The Morgan fingerprint density at radius 1 is 1.44 bits per heavy atom. The minimum absolute atomic E-state index is 0.125. The average molecular weight is 247 g/mol. The third-order valence-corrected chi connectivity index (χ3v) is 2.07. The normalized spacial score (nSPS) is 12.2. The van der Waals surface area contributed by atoms with E-state index >= 15 is 0 Å². The van der Waals surface area contributed by atoms with Crippen LogP contribution in [-0.4, -0.2) is 36.4 Å². The maximum atomic E-state index is 5.83. The Bertz CT molecular complexity index is 336. The molecule has 1 aromatic rings. The molecule has 1 rings (SSSR count). The molecular formula is C10H15ClN2O3. The minimum atomic E-state index is -0.125. The van der Waals surface area contributed by atoms with Crippen molar-refractivity contribution in [1.29, 1.82) is 0 Å². The quantitative estimate of drug-likeness (QED) is 0.718. The highest BCUT2D eigenvalue weighted by Gasteiger charge is 2.14. The molecule has 16 heavy (non-hydrogen) atoms. The lowest BCUT2D eigenvalue weighted by atomic mass is 10.4. The zero-order valence-corrected chi connectivity index (χ0v) is 10.3. The van der Waals surface area contributed by atoms with Crippen molar-refractivity contribution in [3.8, 4) is 11.6 Å². The number of ether oxygens (including phenoxy) is 3. The van der Waals surface area contributed by atoms with E-state index in [-0.39, 0.29) is 11.3 Å². The number of aromatic nitrogens is 2. The van der Waals surface area contributed by atoms with Gasteiger partial charge in [-0.25, -0.2) is 4.98 Å². The summed E-state index contributed by atoms with van der Waals surface area (Å²) in [6.45, 7) is 4.94. The molecule has 0 amide bonds. The first-order valence-electron chi connectivity index (χ1n) is 4.97. The van der Waals surface area contributed by atoms with Crippen LogP contribution in [0.15, 0.2) is 6.33 Å². The summed E-state index contributed by atoms with van der Waals surface area (Å²) in [6.07, 6.45) is 1.20. The number of rotatable bonds is 6. The second-order valence-corrected chi connectivity index (χ2v) is 3.45. The van der Waals surface area contributed by atoms with Gasteiger partial charge in [0.1, 0.15) is 12.4 Å². The van der Waals surface area contributed by atoms with Gasteiger partial charge in [-0.05, 0) is 13.8 Å². The average Bonchev–Trinajstić information content (AvgIpc) is 2.27. The van der Waals surface area contributed by atoms with Gasteiger partial charge in [-0.1, -0.05) is 11.6 Å². The van der Waals surface area contributed by atoms with Crippen molar-refractivity contribution in [3.05, 3.63) is 11.5 Å². The number of methoxy groups -OCH3 is 1. The van der Waals surface area contributed by atoms with Crippen LogP contribution in [0.1, 0.15) is 13.8 Å². The van der Waals surface area contributed by atoms with Crippen LogP contribution in [0, 0.1) is 0 Å². The monoisotopic (exact) mass is 246 g/mol. The lowest BCUT2D eigenvalue weighted by Crippen LogP contribution is -2.20. The molecule has 0 fully saturated rings. The van der Waals surface area contributed by atoms with Gasteiger partial charge in [-0.2, -0.15) is 4.98 Å². The standard InChI is InChI=1S/C10H15ClN2O3/c1-4-15-5-7(2)16-10-8(14-3)9(11)12-6-13-10/h6-7H,4-5H2,1-3H3. The fourth-order valence-electron chi connectivity index (χ4n) is 1.10. The number of halogens is 1. The van der Waals surface area contributed by atoms with Gasteiger partial charge in [0.2, 0.25) is 5.75 Å². The predicted octanol–water partition coefficient (Wildman–Crippen LogP) is 1.94. The molecule has 1 heterocycles. The summed E-state index contributed by atoms with van der Waals surface area (Å²) in [5.74, 6) is 0.669. The summed E-state index contributed by atoms with van der Waals surface area (Å²) in [5.41, 5.74) is 0. The molecule has 6 heteroatoms. The second kappa shape index (κ2) is 6.50. The molecule has 5 nitrogen and oxygen atoms in total. The van der Waals surface area contributed by atoms with Crippen molar-refractivity contribution in [3.63, 3.8) is 0 Å². The SMILES string of the molecule is CCOCC(C)Oc1ncnc(Cl)c1OC. The fourth-order valence-corrected chi connectivity index (χ4v) is 1.30. The maximum Gasteiger partial charge on any atom is 0.262 e. The Morgan fingerprint density at radius 3 is 2.81 bits per heavy atom. The summed E-state index contributed by atoms with van der Waals surface area (Å²) in [6, 6.07) is 0.